The molecule has 0 aliphatic carbocycles. The van der Waals surface area contributed by atoms with E-state index >= 15 is 0 Å². The minimum atomic E-state index is -0.0792. The summed E-state index contributed by atoms with van der Waals surface area (Å²) in [5.41, 5.74) is 11.6. The van der Waals surface area contributed by atoms with E-state index in [0.717, 1.165) is 38.2 Å². The third kappa shape index (κ3) is 4.08. The zero-order chi connectivity index (χ0) is 21.1. The van der Waals surface area contributed by atoms with E-state index in [2.05, 4.69) is 36.5 Å². The summed E-state index contributed by atoms with van der Waals surface area (Å²) >= 11 is 3.46. The van der Waals surface area contributed by atoms with Crippen LogP contribution in [0.5, 0.6) is 0 Å². The first kappa shape index (κ1) is 19.8. The number of nitrogens with two attached hydrogens (primary N) is 1. The Balaban J connectivity index is 1.69. The molecule has 0 radical (unpaired) electrons. The van der Waals surface area contributed by atoms with E-state index in [1.54, 1.807) is 12.4 Å². The van der Waals surface area contributed by atoms with Gasteiger partial charge in [-0.15, -0.1) is 0 Å². The Labute approximate surface area is 182 Å². The van der Waals surface area contributed by atoms with Crippen LogP contribution in [0.1, 0.15) is 11.1 Å². The lowest BCUT2D eigenvalue weighted by atomic mass is 10.1. The molecule has 1 aliphatic rings. The van der Waals surface area contributed by atoms with Crippen molar-refractivity contribution in [2.75, 3.05) is 17.7 Å². The van der Waals surface area contributed by atoms with Crippen LogP contribution in [0, 0.1) is 0 Å². The molecule has 30 heavy (non-hydrogen) atoms. The summed E-state index contributed by atoms with van der Waals surface area (Å²) in [6.07, 6.45) is 3.71. The fourth-order valence-electron chi connectivity index (χ4n) is 3.23. The lowest BCUT2D eigenvalue weighted by Gasteiger charge is -2.11. The van der Waals surface area contributed by atoms with Crippen LogP contribution in [-0.4, -0.2) is 29.1 Å². The Morgan fingerprint density at radius 2 is 2.10 bits per heavy atom. The van der Waals surface area contributed by atoms with Gasteiger partial charge in [0.05, 0.1) is 23.5 Å². The summed E-state index contributed by atoms with van der Waals surface area (Å²) in [7, 11) is 1.81. The van der Waals surface area contributed by atoms with Gasteiger partial charge in [0.1, 0.15) is 11.5 Å². The van der Waals surface area contributed by atoms with Gasteiger partial charge in [-0.25, -0.2) is 15.0 Å². The number of aromatic nitrogens is 2. The normalized spacial score (nSPS) is 13.7. The number of nitrogens with one attached hydrogen (secondary N) is 3. The SMILES string of the molecule is C[NH+]=CC(Br)=C(N)c1cccc(Nc2ncc3c(n2)-c2ccccc2NC(=O)C3)c1. The van der Waals surface area contributed by atoms with E-state index in [1.165, 1.54) is 0 Å². The van der Waals surface area contributed by atoms with Crippen LogP contribution in [0.25, 0.3) is 17.0 Å². The minimum Gasteiger partial charge on any atom is -0.397 e. The lowest BCUT2D eigenvalue weighted by Crippen LogP contribution is -2.63. The highest BCUT2D eigenvalue weighted by atomic mass is 79.9. The first-order valence-electron chi connectivity index (χ1n) is 9.33. The highest BCUT2D eigenvalue weighted by molar-refractivity contribution is 9.12. The van der Waals surface area contributed by atoms with Gasteiger partial charge in [0.25, 0.3) is 0 Å². The van der Waals surface area contributed by atoms with Gasteiger partial charge in [-0.2, -0.15) is 0 Å². The highest BCUT2D eigenvalue weighted by Crippen LogP contribution is 2.33. The summed E-state index contributed by atoms with van der Waals surface area (Å²) in [6.45, 7) is 0. The van der Waals surface area contributed by atoms with Crippen molar-refractivity contribution >= 4 is 51.1 Å². The predicted octanol–water partition coefficient (Wildman–Crippen LogP) is 2.19. The molecule has 7 nitrogen and oxygen atoms in total. The van der Waals surface area contributed by atoms with E-state index in [4.69, 9.17) is 10.7 Å². The van der Waals surface area contributed by atoms with Gasteiger partial charge in [-0.3, -0.25) is 4.79 Å². The zero-order valence-corrected chi connectivity index (χ0v) is 17.8. The molecule has 150 valence electrons. The van der Waals surface area contributed by atoms with Gasteiger partial charge in [0.2, 0.25) is 11.9 Å². The number of carbonyl (C=O) groups is 1. The number of benzene rings is 2. The van der Waals surface area contributed by atoms with Crippen LogP contribution in [0.2, 0.25) is 0 Å². The molecule has 0 saturated heterocycles. The molecule has 1 aliphatic heterocycles. The van der Waals surface area contributed by atoms with Crippen molar-refractivity contribution in [3.8, 4) is 11.3 Å². The Kier molecular flexibility index (Phi) is 5.58. The molecular weight excluding hydrogens is 444 g/mol. The van der Waals surface area contributed by atoms with Gasteiger partial charge in [0.15, 0.2) is 6.21 Å². The van der Waals surface area contributed by atoms with Crippen molar-refractivity contribution in [2.24, 2.45) is 5.73 Å². The molecule has 0 unspecified atom stereocenters. The summed E-state index contributed by atoms with van der Waals surface area (Å²) in [4.78, 5) is 24.2. The first-order chi connectivity index (χ1) is 14.5. The summed E-state index contributed by atoms with van der Waals surface area (Å²) < 4.78 is 0.761. The first-order valence-corrected chi connectivity index (χ1v) is 10.1. The number of amides is 1. The summed E-state index contributed by atoms with van der Waals surface area (Å²) in [6, 6.07) is 15.3. The molecule has 0 spiro atoms. The maximum absolute atomic E-state index is 12.2. The smallest absolute Gasteiger partial charge is 0.228 e. The van der Waals surface area contributed by atoms with Crippen LogP contribution < -0.4 is 21.4 Å². The minimum absolute atomic E-state index is 0.0792. The second-order valence-corrected chi connectivity index (χ2v) is 7.59. The highest BCUT2D eigenvalue weighted by Gasteiger charge is 2.20. The molecule has 3 aromatic rings. The molecule has 8 heteroatoms. The van der Waals surface area contributed by atoms with Gasteiger partial charge in [-0.1, -0.05) is 30.3 Å². The molecule has 4 rings (SSSR count). The van der Waals surface area contributed by atoms with Crippen LogP contribution in [0.4, 0.5) is 17.3 Å². The lowest BCUT2D eigenvalue weighted by molar-refractivity contribution is -0.413. The van der Waals surface area contributed by atoms with E-state index in [0.29, 0.717) is 11.6 Å². The van der Waals surface area contributed by atoms with Crippen molar-refractivity contribution < 1.29 is 9.79 Å². The van der Waals surface area contributed by atoms with Crippen molar-refractivity contribution in [1.29, 1.82) is 0 Å². The van der Waals surface area contributed by atoms with Gasteiger partial charge in [-0.05, 0) is 34.1 Å². The molecule has 5 N–H and O–H groups in total. The number of hydrogen-bond donors (Lipinski definition) is 4. The van der Waals surface area contributed by atoms with E-state index < -0.39 is 0 Å². The third-order valence-corrected chi connectivity index (χ3v) is 5.29. The molecule has 1 aromatic heterocycles. The number of hydrogen-bond acceptors (Lipinski definition) is 5. The van der Waals surface area contributed by atoms with Gasteiger partial charge < -0.3 is 16.4 Å². The average molecular weight is 464 g/mol. The molecule has 0 atom stereocenters. The largest absolute Gasteiger partial charge is 0.397 e. The van der Waals surface area contributed by atoms with Crippen molar-refractivity contribution in [1.82, 2.24) is 9.97 Å². The van der Waals surface area contributed by atoms with Crippen LogP contribution >= 0.6 is 15.9 Å². The number of para-hydroxylation sites is 1. The second kappa shape index (κ2) is 8.46. The number of nitrogens with zero attached hydrogens (tertiary/aromatic N) is 2. The molecule has 1 amide bonds. The number of halogens is 1. The van der Waals surface area contributed by atoms with Crippen LogP contribution in [0.15, 0.2) is 59.2 Å². The Hall–Kier alpha value is -3.52. The second-order valence-electron chi connectivity index (χ2n) is 6.74. The zero-order valence-electron chi connectivity index (χ0n) is 16.2. The van der Waals surface area contributed by atoms with Gasteiger partial charge in [0, 0.05) is 28.6 Å². The number of allylic oxidation sites excluding steroid dienone is 1. The standard InChI is InChI=1S/C22H19BrN6O/c1-25-12-17(23)20(24)13-5-4-6-15(9-13)27-22-26-11-14-10-19(30)28-18-8-3-2-7-16(18)21(14)29-22/h2-9,11-12H,10,24H2,1H3,(H,28,30)(H,26,27,29)/p+1. The fraction of sp³-hybridized carbons (Fsp3) is 0.0909. The Morgan fingerprint density at radius 1 is 1.27 bits per heavy atom. The van der Waals surface area contributed by atoms with Crippen LogP contribution in [-0.2, 0) is 11.2 Å². The maximum atomic E-state index is 12.2. The molecular formula is C22H20BrN6O+. The Bertz CT molecular complexity index is 1190. The molecule has 0 fully saturated rings. The quantitative estimate of drug-likeness (QED) is 0.443. The van der Waals surface area contributed by atoms with Crippen molar-refractivity contribution in [3.63, 3.8) is 0 Å². The van der Waals surface area contributed by atoms with E-state index in [1.807, 2.05) is 55.6 Å². The topological polar surface area (TPSA) is 107 Å². The maximum Gasteiger partial charge on any atom is 0.228 e. The monoisotopic (exact) mass is 463 g/mol. The molecule has 0 saturated carbocycles. The summed E-state index contributed by atoms with van der Waals surface area (Å²) in [5, 5.41) is 6.16. The molecule has 2 heterocycles. The number of anilines is 3. The summed E-state index contributed by atoms with van der Waals surface area (Å²) in [5.74, 6) is 0.364. The van der Waals surface area contributed by atoms with E-state index in [-0.39, 0.29) is 12.3 Å². The van der Waals surface area contributed by atoms with Gasteiger partial charge >= 0.3 is 0 Å². The van der Waals surface area contributed by atoms with E-state index in [9.17, 15) is 4.79 Å². The number of fused-ring (bicyclic) bond motifs is 3. The predicted molar refractivity (Wildman–Crippen MR) is 123 cm³/mol. The molecule has 2 aromatic carbocycles. The number of rotatable bonds is 4. The Morgan fingerprint density at radius 3 is 2.93 bits per heavy atom. The molecule has 0 bridgehead atoms. The van der Waals surface area contributed by atoms with Crippen molar-refractivity contribution in [3.05, 3.63) is 70.3 Å². The van der Waals surface area contributed by atoms with Crippen LogP contribution in [0.3, 0.4) is 0 Å². The average Bonchev–Trinajstić information content (AvgIpc) is 2.89. The van der Waals surface area contributed by atoms with Crippen molar-refractivity contribution in [2.45, 2.75) is 6.42 Å². The number of carbonyl (C=O) groups excluding carboxylic acids is 1. The third-order valence-electron chi connectivity index (χ3n) is 4.63. The fourth-order valence-corrected chi connectivity index (χ4v) is 3.69.